The van der Waals surface area contributed by atoms with Crippen LogP contribution in [0, 0.1) is 0 Å². The number of rotatable bonds is 6. The standard InChI is InChI=1S/C20H16Cl2F2N4O/c21-15-7-3-6-14(25-15)13-5-2-1-4-11(13)10-28(12-8-9-12)20(29)16-17(19(23)24)26-27-18(16)22/h1-7,12,19H,8-10H2,(H,26,27). The lowest BCUT2D eigenvalue weighted by Crippen LogP contribution is -2.33. The zero-order chi connectivity index (χ0) is 20.5. The van der Waals surface area contributed by atoms with Gasteiger partial charge >= 0.3 is 0 Å². The van der Waals surface area contributed by atoms with Crippen molar-refractivity contribution in [2.45, 2.75) is 31.9 Å². The van der Waals surface area contributed by atoms with Crippen LogP contribution in [0.15, 0.2) is 42.5 Å². The molecule has 1 amide bonds. The summed E-state index contributed by atoms with van der Waals surface area (Å²) >= 11 is 12.0. The first kappa shape index (κ1) is 19.8. The molecule has 1 fully saturated rings. The molecule has 0 saturated heterocycles. The van der Waals surface area contributed by atoms with Crippen LogP contribution < -0.4 is 0 Å². The van der Waals surface area contributed by atoms with Crippen molar-refractivity contribution in [3.63, 3.8) is 0 Å². The van der Waals surface area contributed by atoms with Gasteiger partial charge in [-0.2, -0.15) is 5.10 Å². The highest BCUT2D eigenvalue weighted by molar-refractivity contribution is 6.32. The molecule has 0 unspecified atom stereocenters. The summed E-state index contributed by atoms with van der Waals surface area (Å²) in [6, 6.07) is 12.8. The Balaban J connectivity index is 1.69. The van der Waals surface area contributed by atoms with E-state index in [0.29, 0.717) is 10.8 Å². The lowest BCUT2D eigenvalue weighted by Gasteiger charge is -2.24. The maximum Gasteiger partial charge on any atom is 0.280 e. The molecular weight excluding hydrogens is 421 g/mol. The number of pyridine rings is 1. The van der Waals surface area contributed by atoms with E-state index in [4.69, 9.17) is 23.2 Å². The Hall–Kier alpha value is -2.51. The summed E-state index contributed by atoms with van der Waals surface area (Å²) in [7, 11) is 0. The van der Waals surface area contributed by atoms with Gasteiger partial charge in [0, 0.05) is 18.2 Å². The van der Waals surface area contributed by atoms with Gasteiger partial charge < -0.3 is 4.90 Å². The number of nitrogens with one attached hydrogen (secondary N) is 1. The number of aromatic nitrogens is 3. The van der Waals surface area contributed by atoms with Gasteiger partial charge in [0.05, 0.1) is 5.69 Å². The molecule has 150 valence electrons. The number of aromatic amines is 1. The van der Waals surface area contributed by atoms with Gasteiger partial charge in [0.1, 0.15) is 16.4 Å². The highest BCUT2D eigenvalue weighted by Crippen LogP contribution is 2.35. The minimum absolute atomic E-state index is 0.0284. The van der Waals surface area contributed by atoms with E-state index in [-0.39, 0.29) is 23.3 Å². The van der Waals surface area contributed by atoms with Crippen molar-refractivity contribution in [1.29, 1.82) is 0 Å². The van der Waals surface area contributed by atoms with Crippen molar-refractivity contribution < 1.29 is 13.6 Å². The van der Waals surface area contributed by atoms with Gasteiger partial charge in [-0.1, -0.05) is 53.5 Å². The Labute approximate surface area is 175 Å². The molecule has 5 nitrogen and oxygen atoms in total. The van der Waals surface area contributed by atoms with Crippen LogP contribution in [0.25, 0.3) is 11.3 Å². The van der Waals surface area contributed by atoms with Crippen LogP contribution >= 0.6 is 23.2 Å². The second-order valence-corrected chi connectivity index (χ2v) is 7.52. The Kier molecular flexibility index (Phi) is 5.52. The van der Waals surface area contributed by atoms with E-state index in [1.165, 1.54) is 0 Å². The first-order chi connectivity index (χ1) is 14.0. The summed E-state index contributed by atoms with van der Waals surface area (Å²) < 4.78 is 26.6. The minimum atomic E-state index is -2.88. The zero-order valence-corrected chi connectivity index (χ0v) is 16.6. The Bertz CT molecular complexity index is 1050. The number of carbonyl (C=O) groups excluding carboxylic acids is 1. The van der Waals surface area contributed by atoms with E-state index in [1.54, 1.807) is 17.0 Å². The maximum absolute atomic E-state index is 13.3. The number of benzene rings is 1. The van der Waals surface area contributed by atoms with Crippen LogP contribution in [0.1, 0.15) is 40.9 Å². The topological polar surface area (TPSA) is 61.9 Å². The Morgan fingerprint density at radius 1 is 1.17 bits per heavy atom. The van der Waals surface area contributed by atoms with Gasteiger partial charge in [-0.25, -0.2) is 13.8 Å². The third-order valence-electron chi connectivity index (χ3n) is 4.78. The van der Waals surface area contributed by atoms with Crippen LogP contribution in [-0.2, 0) is 6.54 Å². The van der Waals surface area contributed by atoms with Crippen molar-refractivity contribution in [3.8, 4) is 11.3 Å². The summed E-state index contributed by atoms with van der Waals surface area (Å²) in [5, 5.41) is 5.87. The highest BCUT2D eigenvalue weighted by Gasteiger charge is 2.37. The second kappa shape index (κ2) is 8.08. The fourth-order valence-electron chi connectivity index (χ4n) is 3.24. The van der Waals surface area contributed by atoms with E-state index >= 15 is 0 Å². The summed E-state index contributed by atoms with van der Waals surface area (Å²) in [5.41, 5.74) is 1.50. The number of halogens is 4. The SMILES string of the molecule is O=C(c1c(Cl)n[nH]c1C(F)F)N(Cc1ccccc1-c1cccc(Cl)n1)C1CC1. The lowest BCUT2D eigenvalue weighted by atomic mass is 10.0. The fraction of sp³-hybridized carbons (Fsp3) is 0.250. The van der Waals surface area contributed by atoms with Crippen molar-refractivity contribution in [2.24, 2.45) is 0 Å². The van der Waals surface area contributed by atoms with Gasteiger partial charge in [-0.3, -0.25) is 9.89 Å². The fourth-order valence-corrected chi connectivity index (χ4v) is 3.63. The molecule has 1 aliphatic carbocycles. The van der Waals surface area contributed by atoms with E-state index in [0.717, 1.165) is 24.0 Å². The van der Waals surface area contributed by atoms with Crippen molar-refractivity contribution in [3.05, 3.63) is 69.6 Å². The molecule has 9 heteroatoms. The Morgan fingerprint density at radius 3 is 2.62 bits per heavy atom. The largest absolute Gasteiger partial charge is 0.331 e. The summed E-state index contributed by atoms with van der Waals surface area (Å²) in [6.45, 7) is 0.234. The first-order valence-electron chi connectivity index (χ1n) is 8.99. The molecule has 0 aliphatic heterocycles. The van der Waals surface area contributed by atoms with E-state index in [1.807, 2.05) is 30.3 Å². The average Bonchev–Trinajstić information content (AvgIpc) is 3.47. The van der Waals surface area contributed by atoms with Gasteiger partial charge in [0.15, 0.2) is 5.15 Å². The molecule has 29 heavy (non-hydrogen) atoms. The van der Waals surface area contributed by atoms with Gasteiger partial charge in [0.25, 0.3) is 12.3 Å². The molecule has 0 atom stereocenters. The predicted molar refractivity (Wildman–Crippen MR) is 106 cm³/mol. The smallest absolute Gasteiger partial charge is 0.280 e. The van der Waals surface area contributed by atoms with Gasteiger partial charge in [-0.15, -0.1) is 0 Å². The predicted octanol–water partition coefficient (Wildman–Crippen LogP) is 5.52. The number of nitrogens with zero attached hydrogens (tertiary/aromatic N) is 3. The first-order valence-corrected chi connectivity index (χ1v) is 9.75. The molecule has 4 rings (SSSR count). The minimum Gasteiger partial charge on any atom is -0.331 e. The third kappa shape index (κ3) is 4.11. The zero-order valence-electron chi connectivity index (χ0n) is 15.1. The van der Waals surface area contributed by atoms with Gasteiger partial charge in [-0.05, 0) is 30.5 Å². The van der Waals surface area contributed by atoms with E-state index < -0.39 is 18.0 Å². The van der Waals surface area contributed by atoms with Crippen LogP contribution in [0.2, 0.25) is 10.3 Å². The van der Waals surface area contributed by atoms with Crippen LogP contribution in [0.3, 0.4) is 0 Å². The molecule has 1 aliphatic rings. The van der Waals surface area contributed by atoms with Crippen LogP contribution in [-0.4, -0.2) is 32.0 Å². The molecule has 1 saturated carbocycles. The Morgan fingerprint density at radius 2 is 1.93 bits per heavy atom. The quantitative estimate of drug-likeness (QED) is 0.517. The molecular formula is C20H16Cl2F2N4O. The number of alkyl halides is 2. The van der Waals surface area contributed by atoms with Crippen molar-refractivity contribution in [2.75, 3.05) is 0 Å². The van der Waals surface area contributed by atoms with E-state index in [2.05, 4.69) is 15.2 Å². The van der Waals surface area contributed by atoms with Crippen LogP contribution in [0.4, 0.5) is 8.78 Å². The number of hydrogen-bond acceptors (Lipinski definition) is 3. The van der Waals surface area contributed by atoms with Gasteiger partial charge in [0.2, 0.25) is 0 Å². The van der Waals surface area contributed by atoms with E-state index in [9.17, 15) is 13.6 Å². The molecule has 3 aromatic rings. The summed E-state index contributed by atoms with van der Waals surface area (Å²) in [4.78, 5) is 19.1. The highest BCUT2D eigenvalue weighted by atomic mass is 35.5. The molecule has 2 aromatic heterocycles. The van der Waals surface area contributed by atoms with Crippen LogP contribution in [0.5, 0.6) is 0 Å². The molecule has 1 N–H and O–H groups in total. The third-order valence-corrected chi connectivity index (χ3v) is 5.26. The second-order valence-electron chi connectivity index (χ2n) is 6.77. The molecule has 0 radical (unpaired) electrons. The molecule has 0 bridgehead atoms. The number of hydrogen-bond donors (Lipinski definition) is 1. The monoisotopic (exact) mass is 436 g/mol. The van der Waals surface area contributed by atoms with Crippen molar-refractivity contribution >= 4 is 29.1 Å². The number of carbonyl (C=O) groups is 1. The molecule has 2 heterocycles. The molecule has 1 aromatic carbocycles. The summed E-state index contributed by atoms with van der Waals surface area (Å²) in [6.07, 6.45) is -1.26. The average molecular weight is 437 g/mol. The lowest BCUT2D eigenvalue weighted by molar-refractivity contribution is 0.0718. The van der Waals surface area contributed by atoms with Crippen molar-refractivity contribution in [1.82, 2.24) is 20.1 Å². The number of H-pyrrole nitrogens is 1. The maximum atomic E-state index is 13.3. The normalized spacial score (nSPS) is 13.7. The summed E-state index contributed by atoms with van der Waals surface area (Å²) in [5.74, 6) is -0.560. The molecule has 0 spiro atoms. The number of amides is 1.